The Kier molecular flexibility index (Phi) is 3.06. The van der Waals surface area contributed by atoms with E-state index < -0.39 is 0 Å². The first-order valence-corrected chi connectivity index (χ1v) is 4.36. The van der Waals surface area contributed by atoms with Crippen molar-refractivity contribution in [2.24, 2.45) is 0 Å². The Morgan fingerprint density at radius 2 is 2.40 bits per heavy atom. The fourth-order valence-corrected chi connectivity index (χ4v) is 1.34. The molecule has 2 nitrogen and oxygen atoms in total. The average Bonchev–Trinajstić information content (AvgIpc) is 2.31. The van der Waals surface area contributed by atoms with Gasteiger partial charge in [-0.1, -0.05) is 0 Å². The Bertz CT molecular complexity index is 127. The zero-order chi connectivity index (χ0) is 7.40. The summed E-state index contributed by atoms with van der Waals surface area (Å²) >= 11 is 4.08. The summed E-state index contributed by atoms with van der Waals surface area (Å²) in [4.78, 5) is 12.9. The molecule has 10 heavy (non-hydrogen) atoms. The van der Waals surface area contributed by atoms with Gasteiger partial charge in [-0.25, -0.2) is 0 Å². The molecule has 0 bridgehead atoms. The van der Waals surface area contributed by atoms with Crippen LogP contribution in [0.25, 0.3) is 0 Å². The third-order valence-electron chi connectivity index (χ3n) is 1.76. The van der Waals surface area contributed by atoms with Gasteiger partial charge in [-0.05, 0) is 18.6 Å². The van der Waals surface area contributed by atoms with Crippen molar-refractivity contribution >= 4 is 18.5 Å². The maximum Gasteiger partial charge on any atom is 0.222 e. The molecule has 1 amide bonds. The number of carbonyl (C=O) groups is 1. The summed E-state index contributed by atoms with van der Waals surface area (Å²) in [6.07, 6.45) is 2.83. The molecule has 0 unspecified atom stereocenters. The molecule has 1 aliphatic heterocycles. The predicted octanol–water partition coefficient (Wildman–Crippen LogP) is 0.929. The molecule has 1 heterocycles. The third-order valence-corrected chi connectivity index (χ3v) is 2.07. The second-order valence-corrected chi connectivity index (χ2v) is 3.01. The second-order valence-electron chi connectivity index (χ2n) is 2.56. The van der Waals surface area contributed by atoms with Crippen molar-refractivity contribution in [3.63, 3.8) is 0 Å². The number of hydrogen-bond acceptors (Lipinski definition) is 2. The molecule has 0 spiro atoms. The SMILES string of the molecule is O=C1CCCN1CCCS. The van der Waals surface area contributed by atoms with Crippen molar-refractivity contribution < 1.29 is 4.79 Å². The van der Waals surface area contributed by atoms with Gasteiger partial charge in [0.15, 0.2) is 0 Å². The van der Waals surface area contributed by atoms with E-state index in [1.54, 1.807) is 0 Å². The smallest absolute Gasteiger partial charge is 0.222 e. The quantitative estimate of drug-likeness (QED) is 0.607. The molecule has 0 radical (unpaired) electrons. The summed E-state index contributed by atoms with van der Waals surface area (Å²) in [7, 11) is 0. The van der Waals surface area contributed by atoms with Crippen LogP contribution in [0.15, 0.2) is 0 Å². The van der Waals surface area contributed by atoms with Crippen molar-refractivity contribution in [2.75, 3.05) is 18.8 Å². The van der Waals surface area contributed by atoms with E-state index in [0.29, 0.717) is 5.91 Å². The second kappa shape index (κ2) is 3.86. The summed E-state index contributed by atoms with van der Waals surface area (Å²) < 4.78 is 0. The van der Waals surface area contributed by atoms with Crippen molar-refractivity contribution in [2.45, 2.75) is 19.3 Å². The summed E-state index contributed by atoms with van der Waals surface area (Å²) in [5.74, 6) is 1.20. The number of nitrogens with zero attached hydrogens (tertiary/aromatic N) is 1. The van der Waals surface area contributed by atoms with Gasteiger partial charge >= 0.3 is 0 Å². The molecule has 0 saturated carbocycles. The predicted molar refractivity (Wildman–Crippen MR) is 44.3 cm³/mol. The summed E-state index contributed by atoms with van der Waals surface area (Å²) in [5, 5.41) is 0. The highest BCUT2D eigenvalue weighted by atomic mass is 32.1. The van der Waals surface area contributed by atoms with Crippen LogP contribution in [0, 0.1) is 0 Å². The number of carbonyl (C=O) groups excluding carboxylic acids is 1. The van der Waals surface area contributed by atoms with Gasteiger partial charge in [0.25, 0.3) is 0 Å². The highest BCUT2D eigenvalue weighted by Crippen LogP contribution is 2.09. The van der Waals surface area contributed by atoms with E-state index in [1.807, 2.05) is 4.90 Å². The molecule has 0 aromatic heterocycles. The lowest BCUT2D eigenvalue weighted by Gasteiger charge is -2.13. The van der Waals surface area contributed by atoms with Crippen LogP contribution in [0.4, 0.5) is 0 Å². The molecule has 1 fully saturated rings. The van der Waals surface area contributed by atoms with Crippen molar-refractivity contribution in [1.82, 2.24) is 4.90 Å². The molecule has 58 valence electrons. The molecule has 1 saturated heterocycles. The molecule has 0 atom stereocenters. The molecule has 1 aliphatic rings. The number of amides is 1. The van der Waals surface area contributed by atoms with Crippen LogP contribution in [0.2, 0.25) is 0 Å². The number of hydrogen-bond donors (Lipinski definition) is 1. The summed E-state index contributed by atoms with van der Waals surface area (Å²) in [5.41, 5.74) is 0. The lowest BCUT2D eigenvalue weighted by Crippen LogP contribution is -2.25. The molecule has 0 aromatic rings. The van der Waals surface area contributed by atoms with Crippen LogP contribution in [0.5, 0.6) is 0 Å². The standard InChI is InChI=1S/C7H13NOS/c9-7-3-1-4-8(7)5-2-6-10/h10H,1-6H2. The lowest BCUT2D eigenvalue weighted by molar-refractivity contribution is -0.127. The van der Waals surface area contributed by atoms with Gasteiger partial charge in [0.2, 0.25) is 5.91 Å². The van der Waals surface area contributed by atoms with E-state index in [0.717, 1.165) is 38.1 Å². The topological polar surface area (TPSA) is 20.3 Å². The molecule has 0 aliphatic carbocycles. The number of thiol groups is 1. The van der Waals surface area contributed by atoms with Gasteiger partial charge < -0.3 is 4.90 Å². The number of rotatable bonds is 3. The maximum atomic E-state index is 11.0. The zero-order valence-electron chi connectivity index (χ0n) is 6.05. The van der Waals surface area contributed by atoms with Gasteiger partial charge in [-0.3, -0.25) is 4.79 Å². The summed E-state index contributed by atoms with van der Waals surface area (Å²) in [6, 6.07) is 0. The normalized spacial score (nSPS) is 18.5. The Hall–Kier alpha value is -0.180. The van der Waals surface area contributed by atoms with E-state index in [-0.39, 0.29) is 0 Å². The molecule has 1 rings (SSSR count). The van der Waals surface area contributed by atoms with Crippen LogP contribution in [-0.2, 0) is 4.79 Å². The van der Waals surface area contributed by atoms with Gasteiger partial charge in [0, 0.05) is 19.5 Å². The third kappa shape index (κ3) is 1.90. The maximum absolute atomic E-state index is 11.0. The fraction of sp³-hybridized carbons (Fsp3) is 0.857. The van der Waals surface area contributed by atoms with Gasteiger partial charge in [-0.15, -0.1) is 0 Å². The van der Waals surface area contributed by atoms with Crippen molar-refractivity contribution in [3.8, 4) is 0 Å². The van der Waals surface area contributed by atoms with Gasteiger partial charge in [-0.2, -0.15) is 12.6 Å². The van der Waals surface area contributed by atoms with E-state index in [1.165, 1.54) is 0 Å². The van der Waals surface area contributed by atoms with Gasteiger partial charge in [0.05, 0.1) is 0 Å². The largest absolute Gasteiger partial charge is 0.343 e. The van der Waals surface area contributed by atoms with Crippen LogP contribution in [-0.4, -0.2) is 29.6 Å². The zero-order valence-corrected chi connectivity index (χ0v) is 6.94. The van der Waals surface area contributed by atoms with E-state index in [4.69, 9.17) is 0 Å². The lowest BCUT2D eigenvalue weighted by atomic mass is 10.4. The molecular weight excluding hydrogens is 146 g/mol. The highest BCUT2D eigenvalue weighted by Gasteiger charge is 2.18. The Labute approximate surface area is 67.0 Å². The van der Waals surface area contributed by atoms with E-state index >= 15 is 0 Å². The first-order chi connectivity index (χ1) is 4.84. The Morgan fingerprint density at radius 3 is 2.90 bits per heavy atom. The minimum Gasteiger partial charge on any atom is -0.343 e. The first kappa shape index (κ1) is 7.92. The van der Waals surface area contributed by atoms with E-state index in [2.05, 4.69) is 12.6 Å². The minimum atomic E-state index is 0.321. The fourth-order valence-electron chi connectivity index (χ4n) is 1.20. The Morgan fingerprint density at radius 1 is 1.60 bits per heavy atom. The number of likely N-dealkylation sites (tertiary alicyclic amines) is 1. The molecule has 0 aromatic carbocycles. The molecule has 3 heteroatoms. The Balaban J connectivity index is 2.20. The van der Waals surface area contributed by atoms with Gasteiger partial charge in [0.1, 0.15) is 0 Å². The van der Waals surface area contributed by atoms with E-state index in [9.17, 15) is 4.79 Å². The highest BCUT2D eigenvalue weighted by molar-refractivity contribution is 7.80. The first-order valence-electron chi connectivity index (χ1n) is 3.73. The van der Waals surface area contributed by atoms with Crippen molar-refractivity contribution in [3.05, 3.63) is 0 Å². The van der Waals surface area contributed by atoms with Crippen LogP contribution >= 0.6 is 12.6 Å². The average molecular weight is 159 g/mol. The van der Waals surface area contributed by atoms with Crippen LogP contribution in [0.1, 0.15) is 19.3 Å². The monoisotopic (exact) mass is 159 g/mol. The van der Waals surface area contributed by atoms with Crippen molar-refractivity contribution in [1.29, 1.82) is 0 Å². The van der Waals surface area contributed by atoms with Crippen LogP contribution < -0.4 is 0 Å². The van der Waals surface area contributed by atoms with Crippen LogP contribution in [0.3, 0.4) is 0 Å². The molecular formula is C7H13NOS. The minimum absolute atomic E-state index is 0.321. The summed E-state index contributed by atoms with van der Waals surface area (Å²) in [6.45, 7) is 1.87. The molecule has 0 N–H and O–H groups in total.